The van der Waals surface area contributed by atoms with Gasteiger partial charge in [-0.25, -0.2) is 5.10 Å². The molecule has 0 aliphatic rings. The van der Waals surface area contributed by atoms with Gasteiger partial charge >= 0.3 is 5.69 Å². The van der Waals surface area contributed by atoms with E-state index in [-0.39, 0.29) is 10.6 Å². The molecule has 0 unspecified atom stereocenters. The van der Waals surface area contributed by atoms with E-state index in [9.17, 15) is 15.2 Å². The number of tetrazole rings is 1. The van der Waals surface area contributed by atoms with Crippen LogP contribution >= 0.6 is 11.6 Å². The topological polar surface area (TPSA) is 118 Å². The zero-order chi connectivity index (χ0) is 15.7. The van der Waals surface area contributed by atoms with Gasteiger partial charge in [0.1, 0.15) is 0 Å². The minimum absolute atomic E-state index is 0.169. The second kappa shape index (κ2) is 5.41. The number of hydrogen-bond donors (Lipinski definition) is 2. The molecular formula is C13H8ClN5O3. The first kappa shape index (κ1) is 14.0. The fourth-order valence-corrected chi connectivity index (χ4v) is 2.25. The summed E-state index contributed by atoms with van der Waals surface area (Å²) in [6, 6.07) is 9.40. The molecular weight excluding hydrogens is 310 g/mol. The fraction of sp³-hybridized carbons (Fsp3) is 0. The second-order valence-electron chi connectivity index (χ2n) is 4.41. The number of halogens is 1. The van der Waals surface area contributed by atoms with Crippen molar-refractivity contribution in [3.63, 3.8) is 0 Å². The van der Waals surface area contributed by atoms with Crippen LogP contribution in [0, 0.1) is 10.1 Å². The third kappa shape index (κ3) is 2.47. The lowest BCUT2D eigenvalue weighted by molar-refractivity contribution is -0.385. The summed E-state index contributed by atoms with van der Waals surface area (Å²) in [7, 11) is 0. The Morgan fingerprint density at radius 3 is 2.45 bits per heavy atom. The van der Waals surface area contributed by atoms with E-state index < -0.39 is 16.4 Å². The van der Waals surface area contributed by atoms with Crippen molar-refractivity contribution in [3.8, 4) is 28.3 Å². The number of aromatic nitrogens is 4. The van der Waals surface area contributed by atoms with E-state index in [1.165, 1.54) is 6.07 Å². The quantitative estimate of drug-likeness (QED) is 0.566. The summed E-state index contributed by atoms with van der Waals surface area (Å²) >= 11 is 5.88. The monoisotopic (exact) mass is 317 g/mol. The SMILES string of the molecule is O=[N+]([O-])c1cc(Cl)cc(-c2ccc(-c3nnn[nH]3)cc2)c1O. The van der Waals surface area contributed by atoms with E-state index in [1.807, 2.05) is 0 Å². The van der Waals surface area contributed by atoms with Crippen molar-refractivity contribution < 1.29 is 10.0 Å². The molecule has 0 atom stereocenters. The van der Waals surface area contributed by atoms with Gasteiger partial charge in [-0.05, 0) is 22.1 Å². The molecule has 0 spiro atoms. The molecule has 1 aromatic heterocycles. The van der Waals surface area contributed by atoms with Crippen LogP contribution in [0.2, 0.25) is 5.02 Å². The number of phenols is 1. The highest BCUT2D eigenvalue weighted by Gasteiger charge is 2.19. The maximum absolute atomic E-state index is 10.9. The molecule has 1 heterocycles. The Hall–Kier alpha value is -3.00. The van der Waals surface area contributed by atoms with Crippen LogP contribution in [0.3, 0.4) is 0 Å². The molecule has 3 rings (SSSR count). The van der Waals surface area contributed by atoms with E-state index >= 15 is 0 Å². The summed E-state index contributed by atoms with van der Waals surface area (Å²) in [6.45, 7) is 0. The first-order valence-electron chi connectivity index (χ1n) is 6.07. The van der Waals surface area contributed by atoms with Gasteiger partial charge in [0.05, 0.1) is 4.92 Å². The van der Waals surface area contributed by atoms with Crippen molar-refractivity contribution in [2.45, 2.75) is 0 Å². The number of nitrogens with zero attached hydrogens (tertiary/aromatic N) is 4. The van der Waals surface area contributed by atoms with Gasteiger partial charge < -0.3 is 5.11 Å². The Labute approximate surface area is 128 Å². The molecule has 22 heavy (non-hydrogen) atoms. The predicted octanol–water partition coefficient (Wildman–Crippen LogP) is 2.80. The van der Waals surface area contributed by atoms with Crippen molar-refractivity contribution in [1.82, 2.24) is 20.6 Å². The van der Waals surface area contributed by atoms with Gasteiger partial charge in [-0.2, -0.15) is 0 Å². The van der Waals surface area contributed by atoms with Crippen molar-refractivity contribution in [1.29, 1.82) is 0 Å². The number of nitro groups is 1. The first-order valence-corrected chi connectivity index (χ1v) is 6.45. The maximum Gasteiger partial charge on any atom is 0.312 e. The van der Waals surface area contributed by atoms with Gasteiger partial charge in [-0.1, -0.05) is 35.9 Å². The Kier molecular flexibility index (Phi) is 3.43. The lowest BCUT2D eigenvalue weighted by Crippen LogP contribution is -1.91. The number of hydrogen-bond acceptors (Lipinski definition) is 6. The summed E-state index contributed by atoms with van der Waals surface area (Å²) in [4.78, 5) is 10.2. The molecule has 0 saturated heterocycles. The number of aromatic amines is 1. The zero-order valence-electron chi connectivity index (χ0n) is 10.9. The standard InChI is InChI=1S/C13H8ClN5O3/c14-9-5-10(12(20)11(6-9)19(21)22)7-1-3-8(4-2-7)13-15-17-18-16-13/h1-6,20H,(H,15,16,17,18). The molecule has 0 fully saturated rings. The molecule has 2 aromatic carbocycles. The van der Waals surface area contributed by atoms with Crippen LogP contribution in [-0.2, 0) is 0 Å². The van der Waals surface area contributed by atoms with Gasteiger partial charge in [0.25, 0.3) is 0 Å². The lowest BCUT2D eigenvalue weighted by Gasteiger charge is -2.07. The van der Waals surface area contributed by atoms with E-state index in [1.54, 1.807) is 24.3 Å². The summed E-state index contributed by atoms with van der Waals surface area (Å²) in [5.41, 5.74) is 1.16. The number of nitro benzene ring substituents is 1. The second-order valence-corrected chi connectivity index (χ2v) is 4.84. The van der Waals surface area contributed by atoms with Crippen molar-refractivity contribution in [2.24, 2.45) is 0 Å². The van der Waals surface area contributed by atoms with E-state index in [0.29, 0.717) is 11.4 Å². The van der Waals surface area contributed by atoms with Gasteiger partial charge in [-0.3, -0.25) is 10.1 Å². The Bertz CT molecular complexity index is 834. The summed E-state index contributed by atoms with van der Waals surface area (Å²) in [5.74, 6) is 0.0660. The normalized spacial score (nSPS) is 10.6. The van der Waals surface area contributed by atoms with Gasteiger partial charge in [-0.15, -0.1) is 5.10 Å². The number of aromatic hydroxyl groups is 1. The molecule has 0 radical (unpaired) electrons. The average molecular weight is 318 g/mol. The number of H-pyrrole nitrogens is 1. The average Bonchev–Trinajstić information content (AvgIpc) is 3.03. The number of rotatable bonds is 3. The van der Waals surface area contributed by atoms with Crippen LogP contribution < -0.4 is 0 Å². The Balaban J connectivity index is 2.06. The van der Waals surface area contributed by atoms with Crippen LogP contribution in [0.1, 0.15) is 0 Å². The largest absolute Gasteiger partial charge is 0.502 e. The van der Waals surface area contributed by atoms with Gasteiger partial charge in [0, 0.05) is 22.2 Å². The summed E-state index contributed by atoms with van der Waals surface area (Å²) < 4.78 is 0. The minimum atomic E-state index is -0.681. The number of benzene rings is 2. The summed E-state index contributed by atoms with van der Waals surface area (Å²) in [6.07, 6.45) is 0. The van der Waals surface area contributed by atoms with Crippen molar-refractivity contribution in [2.75, 3.05) is 0 Å². The van der Waals surface area contributed by atoms with Crippen LogP contribution in [0.5, 0.6) is 5.75 Å². The smallest absolute Gasteiger partial charge is 0.312 e. The maximum atomic E-state index is 10.9. The highest BCUT2D eigenvalue weighted by Crippen LogP contribution is 2.39. The van der Waals surface area contributed by atoms with E-state index in [4.69, 9.17) is 11.6 Å². The Morgan fingerprint density at radius 1 is 1.18 bits per heavy atom. The highest BCUT2D eigenvalue weighted by atomic mass is 35.5. The third-order valence-corrected chi connectivity index (χ3v) is 3.28. The highest BCUT2D eigenvalue weighted by molar-refractivity contribution is 6.31. The molecule has 0 bridgehead atoms. The number of phenolic OH excluding ortho intramolecular Hbond substituents is 1. The molecule has 3 aromatic rings. The first-order chi connectivity index (χ1) is 10.6. The predicted molar refractivity (Wildman–Crippen MR) is 78.4 cm³/mol. The molecule has 110 valence electrons. The van der Waals surface area contributed by atoms with Crippen LogP contribution in [-0.4, -0.2) is 30.7 Å². The minimum Gasteiger partial charge on any atom is -0.502 e. The van der Waals surface area contributed by atoms with E-state index in [0.717, 1.165) is 11.6 Å². The van der Waals surface area contributed by atoms with Gasteiger partial charge in [0.2, 0.25) is 5.75 Å². The lowest BCUT2D eigenvalue weighted by atomic mass is 10.0. The number of nitrogens with one attached hydrogen (secondary N) is 1. The fourth-order valence-electron chi connectivity index (χ4n) is 2.03. The molecule has 2 N–H and O–H groups in total. The molecule has 8 nitrogen and oxygen atoms in total. The molecule has 0 aliphatic heterocycles. The van der Waals surface area contributed by atoms with Crippen LogP contribution in [0.4, 0.5) is 5.69 Å². The molecule has 0 amide bonds. The molecule has 0 saturated carbocycles. The van der Waals surface area contributed by atoms with Crippen LogP contribution in [0.15, 0.2) is 36.4 Å². The molecule has 0 aliphatic carbocycles. The Morgan fingerprint density at radius 2 is 1.86 bits per heavy atom. The van der Waals surface area contributed by atoms with Crippen molar-refractivity contribution in [3.05, 3.63) is 51.5 Å². The van der Waals surface area contributed by atoms with Crippen LogP contribution in [0.25, 0.3) is 22.5 Å². The van der Waals surface area contributed by atoms with Gasteiger partial charge in [0.15, 0.2) is 5.82 Å². The van der Waals surface area contributed by atoms with E-state index in [2.05, 4.69) is 20.6 Å². The zero-order valence-corrected chi connectivity index (χ0v) is 11.7. The summed E-state index contributed by atoms with van der Waals surface area (Å²) in [5, 5.41) is 34.5. The van der Waals surface area contributed by atoms with Crippen molar-refractivity contribution >= 4 is 17.3 Å². The molecule has 9 heteroatoms. The third-order valence-electron chi connectivity index (χ3n) is 3.07.